The number of rotatable bonds is 6. The Morgan fingerprint density at radius 1 is 1.14 bits per heavy atom. The van der Waals surface area contributed by atoms with Crippen LogP contribution >= 0.6 is 0 Å². The zero-order valence-electron chi connectivity index (χ0n) is 15.6. The first-order valence-corrected chi connectivity index (χ1v) is 10.1. The lowest BCUT2D eigenvalue weighted by Gasteiger charge is -2.19. The molecule has 0 spiro atoms. The fourth-order valence-electron chi connectivity index (χ4n) is 2.75. The highest BCUT2D eigenvalue weighted by atomic mass is 32.2. The van der Waals surface area contributed by atoms with E-state index in [1.807, 2.05) is 19.0 Å². The smallest absolute Gasteiger partial charge is 0.271 e. The van der Waals surface area contributed by atoms with Crippen molar-refractivity contribution in [3.8, 4) is 0 Å². The van der Waals surface area contributed by atoms with Crippen LogP contribution in [-0.2, 0) is 9.84 Å². The molecule has 0 bridgehead atoms. The Balaban J connectivity index is 2.12. The van der Waals surface area contributed by atoms with Crippen molar-refractivity contribution >= 4 is 43.6 Å². The van der Waals surface area contributed by atoms with Gasteiger partial charge in [0.15, 0.2) is 9.84 Å². The van der Waals surface area contributed by atoms with Gasteiger partial charge in [-0.25, -0.2) is 18.4 Å². The molecule has 0 fully saturated rings. The van der Waals surface area contributed by atoms with E-state index < -0.39 is 14.8 Å². The summed E-state index contributed by atoms with van der Waals surface area (Å²) in [4.78, 5) is 20.9. The summed E-state index contributed by atoms with van der Waals surface area (Å²) in [6, 6.07) is 9.17. The molecular formula is C18H19N5O4S. The number of hydrogen-bond acceptors (Lipinski definition) is 8. The normalized spacial score (nSPS) is 11.4. The van der Waals surface area contributed by atoms with Crippen molar-refractivity contribution in [2.24, 2.45) is 0 Å². The number of fused-ring (bicyclic) bond motifs is 1. The van der Waals surface area contributed by atoms with Crippen molar-refractivity contribution in [1.82, 2.24) is 9.97 Å². The van der Waals surface area contributed by atoms with Gasteiger partial charge in [-0.2, -0.15) is 0 Å². The van der Waals surface area contributed by atoms with Crippen molar-refractivity contribution in [2.45, 2.75) is 11.8 Å². The van der Waals surface area contributed by atoms with E-state index >= 15 is 0 Å². The van der Waals surface area contributed by atoms with E-state index in [0.717, 1.165) is 5.69 Å². The van der Waals surface area contributed by atoms with Gasteiger partial charge in [0.05, 0.1) is 32.5 Å². The molecule has 3 aromatic rings. The SMILES string of the molecule is CCS(=O)(=O)c1ccc(N(C)C)c(Nc2ncnc3cc([N+](=O)[O-])ccc23)c1. The zero-order chi connectivity index (χ0) is 20.5. The molecule has 0 atom stereocenters. The minimum atomic E-state index is -3.38. The van der Waals surface area contributed by atoms with Crippen molar-refractivity contribution in [3.05, 3.63) is 52.8 Å². The number of nitro benzene ring substituents is 1. The maximum atomic E-state index is 12.3. The van der Waals surface area contributed by atoms with Gasteiger partial charge in [0.2, 0.25) is 0 Å². The van der Waals surface area contributed by atoms with Gasteiger partial charge in [-0.15, -0.1) is 0 Å². The van der Waals surface area contributed by atoms with Crippen LogP contribution in [0.2, 0.25) is 0 Å². The summed E-state index contributed by atoms with van der Waals surface area (Å²) < 4.78 is 24.5. The van der Waals surface area contributed by atoms with E-state index in [1.165, 1.54) is 18.5 Å². The highest BCUT2D eigenvalue weighted by molar-refractivity contribution is 7.91. The number of anilines is 3. The second kappa shape index (κ2) is 7.39. The summed E-state index contributed by atoms with van der Waals surface area (Å²) in [6.45, 7) is 1.59. The first kappa shape index (κ1) is 19.5. The lowest BCUT2D eigenvalue weighted by atomic mass is 10.2. The molecule has 1 N–H and O–H groups in total. The number of hydrogen-bond donors (Lipinski definition) is 1. The van der Waals surface area contributed by atoms with Gasteiger partial charge in [0.1, 0.15) is 12.1 Å². The third kappa shape index (κ3) is 3.72. The predicted octanol–water partition coefficient (Wildman–Crippen LogP) is 3.14. The van der Waals surface area contributed by atoms with Crippen LogP contribution in [0.25, 0.3) is 10.9 Å². The molecule has 0 aliphatic heterocycles. The van der Waals surface area contributed by atoms with E-state index in [1.54, 1.807) is 31.2 Å². The van der Waals surface area contributed by atoms with Gasteiger partial charge < -0.3 is 10.2 Å². The molecule has 9 nitrogen and oxygen atoms in total. The van der Waals surface area contributed by atoms with Gasteiger partial charge in [-0.05, 0) is 24.3 Å². The molecule has 2 aromatic carbocycles. The largest absolute Gasteiger partial charge is 0.376 e. The Labute approximate surface area is 162 Å². The van der Waals surface area contributed by atoms with Gasteiger partial charge in [0, 0.05) is 31.6 Å². The highest BCUT2D eigenvalue weighted by Gasteiger charge is 2.17. The summed E-state index contributed by atoms with van der Waals surface area (Å²) in [7, 11) is 0.307. The fraction of sp³-hybridized carbons (Fsp3) is 0.222. The van der Waals surface area contributed by atoms with Crippen LogP contribution in [0.15, 0.2) is 47.6 Å². The topological polar surface area (TPSA) is 118 Å². The molecule has 1 heterocycles. The number of nitro groups is 1. The van der Waals surface area contributed by atoms with E-state index in [-0.39, 0.29) is 16.3 Å². The number of sulfone groups is 1. The Kier molecular flexibility index (Phi) is 5.14. The summed E-state index contributed by atoms with van der Waals surface area (Å²) >= 11 is 0. The van der Waals surface area contributed by atoms with E-state index in [0.29, 0.717) is 22.4 Å². The molecule has 3 rings (SSSR count). The number of benzene rings is 2. The Bertz CT molecular complexity index is 1160. The fourth-order valence-corrected chi connectivity index (χ4v) is 3.66. The van der Waals surface area contributed by atoms with Crippen LogP contribution in [0, 0.1) is 10.1 Å². The van der Waals surface area contributed by atoms with Crippen molar-refractivity contribution in [2.75, 3.05) is 30.1 Å². The molecule has 10 heteroatoms. The lowest BCUT2D eigenvalue weighted by Crippen LogP contribution is -2.13. The maximum Gasteiger partial charge on any atom is 0.271 e. The number of nitrogens with one attached hydrogen (secondary N) is 1. The number of non-ortho nitro benzene ring substituents is 1. The molecule has 0 amide bonds. The van der Waals surface area contributed by atoms with E-state index in [2.05, 4.69) is 15.3 Å². The lowest BCUT2D eigenvalue weighted by molar-refractivity contribution is -0.384. The van der Waals surface area contributed by atoms with Crippen LogP contribution in [0.1, 0.15) is 6.92 Å². The summed E-state index contributed by atoms with van der Waals surface area (Å²) in [6.07, 6.45) is 1.30. The maximum absolute atomic E-state index is 12.3. The van der Waals surface area contributed by atoms with Crippen molar-refractivity contribution < 1.29 is 13.3 Å². The summed E-state index contributed by atoms with van der Waals surface area (Å²) in [5.74, 6) is 0.419. The number of nitrogens with zero attached hydrogens (tertiary/aromatic N) is 4. The van der Waals surface area contributed by atoms with Gasteiger partial charge in [-0.1, -0.05) is 6.92 Å². The van der Waals surface area contributed by atoms with Gasteiger partial charge >= 0.3 is 0 Å². The molecule has 0 aliphatic rings. The molecule has 0 aliphatic carbocycles. The molecule has 0 saturated heterocycles. The van der Waals surface area contributed by atoms with Gasteiger partial charge in [-0.3, -0.25) is 10.1 Å². The molecule has 146 valence electrons. The first-order valence-electron chi connectivity index (χ1n) is 8.43. The molecule has 0 saturated carbocycles. The summed E-state index contributed by atoms with van der Waals surface area (Å²) in [5.41, 5.74) is 1.67. The van der Waals surface area contributed by atoms with Crippen LogP contribution in [0.5, 0.6) is 0 Å². The monoisotopic (exact) mass is 401 g/mol. The Morgan fingerprint density at radius 3 is 2.54 bits per heavy atom. The molecule has 28 heavy (non-hydrogen) atoms. The van der Waals surface area contributed by atoms with Crippen LogP contribution in [0.4, 0.5) is 22.9 Å². The Hall–Kier alpha value is -3.27. The van der Waals surface area contributed by atoms with Crippen LogP contribution in [0.3, 0.4) is 0 Å². The second-order valence-corrected chi connectivity index (χ2v) is 8.56. The third-order valence-corrected chi connectivity index (χ3v) is 6.01. The average molecular weight is 401 g/mol. The zero-order valence-corrected chi connectivity index (χ0v) is 16.4. The van der Waals surface area contributed by atoms with E-state index in [4.69, 9.17) is 0 Å². The molecule has 1 aromatic heterocycles. The Morgan fingerprint density at radius 2 is 1.89 bits per heavy atom. The summed E-state index contributed by atoms with van der Waals surface area (Å²) in [5, 5.41) is 14.7. The van der Waals surface area contributed by atoms with Crippen molar-refractivity contribution in [3.63, 3.8) is 0 Å². The van der Waals surface area contributed by atoms with Crippen LogP contribution < -0.4 is 10.2 Å². The van der Waals surface area contributed by atoms with E-state index in [9.17, 15) is 18.5 Å². The quantitative estimate of drug-likeness (QED) is 0.494. The highest BCUT2D eigenvalue weighted by Crippen LogP contribution is 2.32. The minimum Gasteiger partial charge on any atom is -0.376 e. The third-order valence-electron chi connectivity index (χ3n) is 4.27. The molecular weight excluding hydrogens is 382 g/mol. The molecule has 0 radical (unpaired) electrons. The van der Waals surface area contributed by atoms with Crippen molar-refractivity contribution in [1.29, 1.82) is 0 Å². The van der Waals surface area contributed by atoms with Crippen LogP contribution in [-0.4, -0.2) is 43.2 Å². The van der Waals surface area contributed by atoms with Gasteiger partial charge in [0.25, 0.3) is 5.69 Å². The minimum absolute atomic E-state index is 0.00610. The molecule has 0 unspecified atom stereocenters. The average Bonchev–Trinajstić information content (AvgIpc) is 2.67. The second-order valence-electron chi connectivity index (χ2n) is 6.28. The number of aromatic nitrogens is 2. The first-order chi connectivity index (χ1) is 13.2. The standard InChI is InChI=1S/C18H19N5O4S/c1-4-28(26,27)13-6-8-17(22(2)3)16(10-13)21-18-14-7-5-12(23(24)25)9-15(14)19-11-20-18/h5-11H,4H2,1-3H3,(H,19,20,21). The predicted molar refractivity (Wildman–Crippen MR) is 108 cm³/mol.